The second-order valence-electron chi connectivity index (χ2n) is 4.40. The van der Waals surface area contributed by atoms with Gasteiger partial charge in [0.2, 0.25) is 5.75 Å². The summed E-state index contributed by atoms with van der Waals surface area (Å²) in [6, 6.07) is 1.93. The number of hydrogen-bond acceptors (Lipinski definition) is 3. The molecule has 5 nitrogen and oxygen atoms in total. The van der Waals surface area contributed by atoms with Crippen molar-refractivity contribution in [2.75, 3.05) is 0 Å². The molecule has 21 heavy (non-hydrogen) atoms. The zero-order valence-electron chi connectivity index (χ0n) is 11.4. The van der Waals surface area contributed by atoms with Crippen LogP contribution in [-0.2, 0) is 11.8 Å². The lowest BCUT2D eigenvalue weighted by Crippen LogP contribution is -2.28. The summed E-state index contributed by atoms with van der Waals surface area (Å²) in [5, 5.41) is 0.140. The summed E-state index contributed by atoms with van der Waals surface area (Å²) < 4.78 is 33.1. The molecular weight excluding hydrogens is 282 g/mol. The lowest BCUT2D eigenvalue weighted by molar-refractivity contribution is -0.132. The second kappa shape index (κ2) is 5.35. The third-order valence-corrected chi connectivity index (χ3v) is 2.80. The normalized spacial score (nSPS) is 11.7. The maximum atomic E-state index is 13.7. The minimum atomic E-state index is -1.03. The summed E-state index contributed by atoms with van der Waals surface area (Å²) in [6.07, 6.45) is 1.28. The van der Waals surface area contributed by atoms with Crippen LogP contribution in [0.2, 0.25) is 0 Å². The predicted octanol–water partition coefficient (Wildman–Crippen LogP) is 0.156. The van der Waals surface area contributed by atoms with Crippen molar-refractivity contribution in [3.63, 3.8) is 0 Å². The highest BCUT2D eigenvalue weighted by atomic mass is 19.1. The number of nitrogens with one attached hydrogen (secondary N) is 1. The Balaban J connectivity index is 2.57. The lowest BCUT2D eigenvalue weighted by Gasteiger charge is -2.05. The Hall–Kier alpha value is -2.70. The molecule has 0 unspecified atom stereocenters. The van der Waals surface area contributed by atoms with Gasteiger partial charge in [-0.05, 0) is 23.8 Å². The van der Waals surface area contributed by atoms with Gasteiger partial charge in [-0.25, -0.2) is 8.78 Å². The van der Waals surface area contributed by atoms with Crippen molar-refractivity contribution < 1.29 is 18.3 Å². The summed E-state index contributed by atoms with van der Waals surface area (Å²) in [6.45, 7) is 4.65. The van der Waals surface area contributed by atoms with Crippen LogP contribution >= 0.6 is 0 Å². The molecule has 0 aliphatic carbocycles. The zero-order valence-corrected chi connectivity index (χ0v) is 11.4. The van der Waals surface area contributed by atoms with E-state index >= 15 is 0 Å². The molecule has 0 fully saturated rings. The molecule has 0 saturated heterocycles. The van der Waals surface area contributed by atoms with Crippen LogP contribution in [0.25, 0.3) is 12.7 Å². The maximum Gasteiger partial charge on any atom is 0.308 e. The average Bonchev–Trinajstić information content (AvgIpc) is 2.61. The summed E-state index contributed by atoms with van der Waals surface area (Å²) in [5.41, 5.74) is 0.105. The van der Waals surface area contributed by atoms with E-state index in [1.165, 1.54) is 17.7 Å². The third kappa shape index (κ3) is 2.91. The maximum absolute atomic E-state index is 13.7. The van der Waals surface area contributed by atoms with Gasteiger partial charge in [-0.15, -0.1) is 0 Å². The van der Waals surface area contributed by atoms with Crippen molar-refractivity contribution in [1.82, 2.24) is 9.55 Å². The number of halogens is 2. The molecule has 0 radical (unpaired) electrons. The van der Waals surface area contributed by atoms with Crippen LogP contribution in [0, 0.1) is 11.6 Å². The SMILES string of the molecule is C=c1[nH]/c(=C\c2cc(F)c(OC(C)=O)c(F)c2)c(=O)n1C. The molecule has 1 heterocycles. The topological polar surface area (TPSA) is 64.1 Å². The molecule has 7 heteroatoms. The molecular formula is C14H12F2N2O3. The van der Waals surface area contributed by atoms with E-state index in [1.54, 1.807) is 0 Å². The molecule has 0 bridgehead atoms. The zero-order chi connectivity index (χ0) is 15.7. The number of carbonyl (C=O) groups excluding carboxylic acids is 1. The summed E-state index contributed by atoms with van der Waals surface area (Å²) in [7, 11) is 1.52. The van der Waals surface area contributed by atoms with E-state index < -0.39 is 23.4 Å². The first kappa shape index (κ1) is 14.7. The number of H-pyrrole nitrogens is 1. The van der Waals surface area contributed by atoms with Crippen LogP contribution in [0.3, 0.4) is 0 Å². The largest absolute Gasteiger partial charge is 0.420 e. The monoisotopic (exact) mass is 294 g/mol. The van der Waals surface area contributed by atoms with E-state index in [1.807, 2.05) is 0 Å². The lowest BCUT2D eigenvalue weighted by atomic mass is 10.2. The highest BCUT2D eigenvalue weighted by Crippen LogP contribution is 2.23. The Labute approximate surface area is 117 Å². The molecule has 0 aliphatic heterocycles. The van der Waals surface area contributed by atoms with Crippen molar-refractivity contribution >= 4 is 18.6 Å². The van der Waals surface area contributed by atoms with Gasteiger partial charge >= 0.3 is 5.97 Å². The standard InChI is InChI=1S/C14H12F2N2O3/c1-7-17-12(14(20)18(7)3)6-9-4-10(15)13(11(16)5-9)21-8(2)19/h4-6,17H,1H2,2-3H3/b12-6-. The molecule has 1 aromatic heterocycles. The van der Waals surface area contributed by atoms with Crippen molar-refractivity contribution in [2.24, 2.45) is 7.05 Å². The molecule has 2 aromatic rings. The molecule has 2 rings (SSSR count). The van der Waals surface area contributed by atoms with Gasteiger partial charge in [0.1, 0.15) is 10.8 Å². The molecule has 0 amide bonds. The number of carbonyl (C=O) groups is 1. The predicted molar refractivity (Wildman–Crippen MR) is 72.0 cm³/mol. The number of hydrogen-bond donors (Lipinski definition) is 1. The first-order valence-electron chi connectivity index (χ1n) is 5.92. The fourth-order valence-corrected chi connectivity index (χ4v) is 1.76. The summed E-state index contributed by atoms with van der Waals surface area (Å²) in [5.74, 6) is -3.66. The number of aromatic amines is 1. The number of nitrogens with zero attached hydrogens (tertiary/aromatic N) is 1. The van der Waals surface area contributed by atoms with E-state index in [0.717, 1.165) is 19.1 Å². The van der Waals surface area contributed by atoms with Crippen molar-refractivity contribution in [2.45, 2.75) is 6.92 Å². The van der Waals surface area contributed by atoms with E-state index in [4.69, 9.17) is 0 Å². The molecule has 0 spiro atoms. The van der Waals surface area contributed by atoms with Gasteiger partial charge in [-0.2, -0.15) is 0 Å². The van der Waals surface area contributed by atoms with Gasteiger partial charge in [0.15, 0.2) is 11.6 Å². The molecule has 0 atom stereocenters. The Kier molecular flexibility index (Phi) is 3.75. The van der Waals surface area contributed by atoms with Crippen LogP contribution in [-0.4, -0.2) is 15.5 Å². The Morgan fingerprint density at radius 1 is 1.38 bits per heavy atom. The number of benzene rings is 1. The van der Waals surface area contributed by atoms with Gasteiger partial charge in [0.25, 0.3) is 5.56 Å². The van der Waals surface area contributed by atoms with Crippen molar-refractivity contribution in [3.05, 3.63) is 50.5 Å². The quantitative estimate of drug-likeness (QED) is 0.634. The van der Waals surface area contributed by atoms with Crippen LogP contribution in [0.1, 0.15) is 12.5 Å². The fourth-order valence-electron chi connectivity index (χ4n) is 1.76. The van der Waals surface area contributed by atoms with E-state index in [2.05, 4.69) is 16.3 Å². The molecule has 1 N–H and O–H groups in total. The first-order chi connectivity index (χ1) is 9.79. The van der Waals surface area contributed by atoms with Crippen LogP contribution in [0.5, 0.6) is 5.75 Å². The summed E-state index contributed by atoms with van der Waals surface area (Å²) >= 11 is 0. The highest BCUT2D eigenvalue weighted by molar-refractivity contribution is 5.69. The number of esters is 1. The van der Waals surface area contributed by atoms with Gasteiger partial charge in [-0.3, -0.25) is 14.2 Å². The average molecular weight is 294 g/mol. The van der Waals surface area contributed by atoms with Gasteiger partial charge < -0.3 is 9.72 Å². The van der Waals surface area contributed by atoms with Crippen LogP contribution < -0.4 is 21.1 Å². The number of rotatable bonds is 2. The van der Waals surface area contributed by atoms with Crippen molar-refractivity contribution in [3.8, 4) is 5.75 Å². The second-order valence-corrected chi connectivity index (χ2v) is 4.40. The Morgan fingerprint density at radius 3 is 2.38 bits per heavy atom. The van der Waals surface area contributed by atoms with Gasteiger partial charge in [0, 0.05) is 14.0 Å². The molecule has 0 aliphatic rings. The molecule has 110 valence electrons. The van der Waals surface area contributed by atoms with E-state index in [0.29, 0.717) is 5.48 Å². The molecule has 1 aromatic carbocycles. The summed E-state index contributed by atoms with van der Waals surface area (Å²) in [4.78, 5) is 25.2. The van der Waals surface area contributed by atoms with Crippen LogP contribution in [0.4, 0.5) is 8.78 Å². The highest BCUT2D eigenvalue weighted by Gasteiger charge is 2.14. The number of aromatic nitrogens is 2. The third-order valence-electron chi connectivity index (χ3n) is 2.80. The smallest absolute Gasteiger partial charge is 0.308 e. The fraction of sp³-hybridized carbons (Fsp3) is 0.143. The molecule has 0 saturated carbocycles. The van der Waals surface area contributed by atoms with E-state index in [9.17, 15) is 18.4 Å². The van der Waals surface area contributed by atoms with Crippen LogP contribution in [0.15, 0.2) is 16.9 Å². The van der Waals surface area contributed by atoms with E-state index in [-0.39, 0.29) is 16.5 Å². The first-order valence-corrected chi connectivity index (χ1v) is 5.92. The van der Waals surface area contributed by atoms with Gasteiger partial charge in [-0.1, -0.05) is 6.58 Å². The Bertz CT molecular complexity index is 858. The minimum Gasteiger partial charge on any atom is -0.420 e. The number of ether oxygens (including phenoxy) is 1. The number of imidazole rings is 1. The minimum absolute atomic E-state index is 0.111. The van der Waals surface area contributed by atoms with Gasteiger partial charge in [0.05, 0.1) is 0 Å². The Morgan fingerprint density at radius 2 is 1.95 bits per heavy atom. The van der Waals surface area contributed by atoms with Crippen molar-refractivity contribution in [1.29, 1.82) is 0 Å².